The van der Waals surface area contributed by atoms with Crippen LogP contribution in [0.15, 0.2) is 6.07 Å². The van der Waals surface area contributed by atoms with Gasteiger partial charge in [0.15, 0.2) is 0 Å². The standard InChI is InChI=1S/C15H26N2OS/c1-10-6-12-13(16)7-15(3,4)8-14(12)17(10)9-11(2)19(5)18/h6,11,13H,7-9,16H2,1-5H3. The van der Waals surface area contributed by atoms with E-state index in [1.807, 2.05) is 0 Å². The lowest BCUT2D eigenvalue weighted by molar-refractivity contribution is 0.275. The molecule has 0 saturated carbocycles. The molecule has 2 N–H and O–H groups in total. The molecule has 0 saturated heterocycles. The number of hydrogen-bond donors (Lipinski definition) is 1. The van der Waals surface area contributed by atoms with Gasteiger partial charge >= 0.3 is 0 Å². The topological polar surface area (TPSA) is 48.0 Å². The highest BCUT2D eigenvalue weighted by Gasteiger charge is 2.33. The van der Waals surface area contributed by atoms with E-state index in [1.54, 1.807) is 6.26 Å². The molecule has 1 aliphatic carbocycles. The fourth-order valence-corrected chi connectivity index (χ4v) is 3.48. The first kappa shape index (κ1) is 14.8. The Labute approximate surface area is 119 Å². The molecule has 0 bridgehead atoms. The maximum Gasteiger partial charge on any atom is 0.0496 e. The van der Waals surface area contributed by atoms with Crippen LogP contribution in [-0.2, 0) is 23.8 Å². The average molecular weight is 282 g/mol. The molecule has 1 heterocycles. The quantitative estimate of drug-likeness (QED) is 0.926. The van der Waals surface area contributed by atoms with Gasteiger partial charge in [0.2, 0.25) is 0 Å². The molecule has 1 aliphatic rings. The lowest BCUT2D eigenvalue weighted by atomic mass is 9.74. The number of nitrogens with zero attached hydrogens (tertiary/aromatic N) is 1. The second kappa shape index (κ2) is 5.06. The Balaban J connectivity index is 2.39. The summed E-state index contributed by atoms with van der Waals surface area (Å²) in [4.78, 5) is 0. The molecule has 0 aromatic carbocycles. The van der Waals surface area contributed by atoms with Crippen molar-refractivity contribution in [3.05, 3.63) is 23.0 Å². The maximum absolute atomic E-state index is 11.6. The van der Waals surface area contributed by atoms with Crippen molar-refractivity contribution >= 4 is 10.8 Å². The summed E-state index contributed by atoms with van der Waals surface area (Å²) < 4.78 is 13.9. The highest BCUT2D eigenvalue weighted by molar-refractivity contribution is 7.84. The molecule has 0 radical (unpaired) electrons. The van der Waals surface area contributed by atoms with E-state index in [-0.39, 0.29) is 16.7 Å². The minimum absolute atomic E-state index is 0.140. The summed E-state index contributed by atoms with van der Waals surface area (Å²) in [5.74, 6) is 0. The Morgan fingerprint density at radius 2 is 2.21 bits per heavy atom. The smallest absolute Gasteiger partial charge is 0.0496 e. The van der Waals surface area contributed by atoms with Crippen LogP contribution in [0.25, 0.3) is 0 Å². The fourth-order valence-electron chi connectivity index (χ4n) is 3.12. The molecule has 2 rings (SSSR count). The van der Waals surface area contributed by atoms with Crippen molar-refractivity contribution in [3.8, 4) is 0 Å². The molecule has 3 unspecified atom stereocenters. The largest absolute Gasteiger partial charge is 0.347 e. The van der Waals surface area contributed by atoms with Gasteiger partial charge in [-0.2, -0.15) is 0 Å². The van der Waals surface area contributed by atoms with Crippen molar-refractivity contribution in [3.63, 3.8) is 0 Å². The SMILES string of the molecule is Cc1cc2c(n1CC(C)S(C)=O)CC(C)(C)CC2N. The number of aryl methyl sites for hydroxylation is 1. The van der Waals surface area contributed by atoms with Gasteiger partial charge in [0.25, 0.3) is 0 Å². The van der Waals surface area contributed by atoms with Crippen LogP contribution in [-0.4, -0.2) is 20.3 Å². The van der Waals surface area contributed by atoms with Crippen LogP contribution in [0.5, 0.6) is 0 Å². The van der Waals surface area contributed by atoms with Gasteiger partial charge in [-0.1, -0.05) is 13.8 Å². The maximum atomic E-state index is 11.6. The van der Waals surface area contributed by atoms with Gasteiger partial charge < -0.3 is 10.3 Å². The molecule has 1 aromatic rings. The van der Waals surface area contributed by atoms with Crippen LogP contribution >= 0.6 is 0 Å². The summed E-state index contributed by atoms with van der Waals surface area (Å²) in [7, 11) is -0.784. The summed E-state index contributed by atoms with van der Waals surface area (Å²) in [5, 5.41) is 0.177. The Hall–Kier alpha value is -0.610. The fraction of sp³-hybridized carbons (Fsp3) is 0.733. The van der Waals surface area contributed by atoms with Crippen LogP contribution < -0.4 is 5.73 Å². The minimum Gasteiger partial charge on any atom is -0.347 e. The second-order valence-corrected chi connectivity index (χ2v) is 8.56. The number of rotatable bonds is 3. The summed E-state index contributed by atoms with van der Waals surface area (Å²) in [6, 6.07) is 2.36. The third kappa shape index (κ3) is 2.95. The molecule has 0 fully saturated rings. The van der Waals surface area contributed by atoms with Gasteiger partial charge in [-0.15, -0.1) is 0 Å². The van der Waals surface area contributed by atoms with E-state index in [2.05, 4.69) is 38.3 Å². The monoisotopic (exact) mass is 282 g/mol. The number of hydrogen-bond acceptors (Lipinski definition) is 2. The summed E-state index contributed by atoms with van der Waals surface area (Å²) in [6.07, 6.45) is 3.89. The van der Waals surface area contributed by atoms with E-state index in [0.29, 0.717) is 0 Å². The Morgan fingerprint density at radius 1 is 1.58 bits per heavy atom. The third-order valence-corrected chi connectivity index (χ3v) is 5.56. The Bertz CT molecular complexity index is 504. The van der Waals surface area contributed by atoms with E-state index in [1.165, 1.54) is 17.0 Å². The summed E-state index contributed by atoms with van der Waals surface area (Å²) in [6.45, 7) is 9.57. The van der Waals surface area contributed by atoms with Gasteiger partial charge in [-0.3, -0.25) is 4.21 Å². The molecule has 0 aliphatic heterocycles. The van der Waals surface area contributed by atoms with Crippen molar-refractivity contribution in [2.45, 2.75) is 58.4 Å². The van der Waals surface area contributed by atoms with Crippen LogP contribution in [0.3, 0.4) is 0 Å². The van der Waals surface area contributed by atoms with Crippen molar-refractivity contribution < 1.29 is 4.21 Å². The molecule has 0 amide bonds. The predicted octanol–water partition coefficient (Wildman–Crippen LogP) is 2.54. The first-order valence-electron chi connectivity index (χ1n) is 6.98. The molecule has 3 atom stereocenters. The van der Waals surface area contributed by atoms with E-state index in [4.69, 9.17) is 5.73 Å². The zero-order valence-corrected chi connectivity index (χ0v) is 13.5. The lowest BCUT2D eigenvalue weighted by Gasteiger charge is -2.35. The van der Waals surface area contributed by atoms with Crippen molar-refractivity contribution in [1.29, 1.82) is 0 Å². The molecule has 1 aromatic heterocycles. The number of fused-ring (bicyclic) bond motifs is 1. The first-order valence-corrected chi connectivity index (χ1v) is 8.60. The predicted molar refractivity (Wildman–Crippen MR) is 81.7 cm³/mol. The Morgan fingerprint density at radius 3 is 2.79 bits per heavy atom. The van der Waals surface area contributed by atoms with E-state index in [9.17, 15) is 4.21 Å². The molecule has 108 valence electrons. The van der Waals surface area contributed by atoms with Crippen molar-refractivity contribution in [2.24, 2.45) is 11.1 Å². The average Bonchev–Trinajstić information content (AvgIpc) is 2.55. The minimum atomic E-state index is -0.784. The molecule has 19 heavy (non-hydrogen) atoms. The molecule has 3 nitrogen and oxygen atoms in total. The third-order valence-electron chi connectivity index (χ3n) is 4.27. The highest BCUT2D eigenvalue weighted by atomic mass is 32.2. The van der Waals surface area contributed by atoms with E-state index in [0.717, 1.165) is 19.4 Å². The van der Waals surface area contributed by atoms with Gasteiger partial charge in [0.05, 0.1) is 0 Å². The van der Waals surface area contributed by atoms with Crippen LogP contribution in [0, 0.1) is 12.3 Å². The summed E-state index contributed by atoms with van der Waals surface area (Å²) in [5.41, 5.74) is 10.5. The van der Waals surface area contributed by atoms with Gasteiger partial charge in [0, 0.05) is 46.3 Å². The van der Waals surface area contributed by atoms with E-state index < -0.39 is 10.8 Å². The van der Waals surface area contributed by atoms with Crippen LogP contribution in [0.4, 0.5) is 0 Å². The highest BCUT2D eigenvalue weighted by Crippen LogP contribution is 2.40. The zero-order chi connectivity index (χ0) is 14.4. The first-order chi connectivity index (χ1) is 8.71. The number of aromatic nitrogens is 1. The normalized spacial score (nSPS) is 24.8. The summed E-state index contributed by atoms with van der Waals surface area (Å²) >= 11 is 0. The molecular weight excluding hydrogens is 256 g/mol. The van der Waals surface area contributed by atoms with Crippen molar-refractivity contribution in [2.75, 3.05) is 6.26 Å². The van der Waals surface area contributed by atoms with Gasteiger partial charge in [-0.05, 0) is 43.7 Å². The zero-order valence-electron chi connectivity index (χ0n) is 12.7. The van der Waals surface area contributed by atoms with Gasteiger partial charge in [0.1, 0.15) is 0 Å². The van der Waals surface area contributed by atoms with E-state index >= 15 is 0 Å². The lowest BCUT2D eigenvalue weighted by Crippen LogP contribution is -2.31. The number of nitrogens with two attached hydrogens (primary N) is 1. The Kier molecular flexibility index (Phi) is 3.94. The molecule has 4 heteroatoms. The molecular formula is C15H26N2OS. The van der Waals surface area contributed by atoms with Gasteiger partial charge in [-0.25, -0.2) is 0 Å². The van der Waals surface area contributed by atoms with Crippen LogP contribution in [0.1, 0.15) is 50.2 Å². The van der Waals surface area contributed by atoms with Crippen LogP contribution in [0.2, 0.25) is 0 Å². The second-order valence-electron chi connectivity index (χ2n) is 6.76. The van der Waals surface area contributed by atoms with Crippen molar-refractivity contribution in [1.82, 2.24) is 4.57 Å². The molecule has 0 spiro atoms.